The van der Waals surface area contributed by atoms with Gasteiger partial charge in [-0.15, -0.1) is 0 Å². The molecule has 1 heterocycles. The van der Waals surface area contributed by atoms with Crippen molar-refractivity contribution in [2.24, 2.45) is 0 Å². The van der Waals surface area contributed by atoms with Gasteiger partial charge < -0.3 is 9.64 Å². The molecule has 0 saturated heterocycles. The fraction of sp³-hybridized carbons (Fsp3) is 0.357. The van der Waals surface area contributed by atoms with Gasteiger partial charge in [0, 0.05) is 13.1 Å². The summed E-state index contributed by atoms with van der Waals surface area (Å²) in [4.78, 5) is 14.3. The SMILES string of the molecule is CCN(CC)c1nc(Cl)nc(Oc2ccc(C)cc2Cl)n1. The van der Waals surface area contributed by atoms with Crippen molar-refractivity contribution in [1.29, 1.82) is 0 Å². The summed E-state index contributed by atoms with van der Waals surface area (Å²) in [7, 11) is 0. The number of ether oxygens (including phenoxy) is 1. The summed E-state index contributed by atoms with van der Waals surface area (Å²) >= 11 is 12.1. The Bertz CT molecular complexity index is 632. The van der Waals surface area contributed by atoms with Crippen LogP contribution in [0.25, 0.3) is 0 Å². The average Bonchev–Trinajstić information content (AvgIpc) is 2.43. The van der Waals surface area contributed by atoms with E-state index in [2.05, 4.69) is 15.0 Å². The number of halogens is 2. The van der Waals surface area contributed by atoms with Gasteiger partial charge in [-0.1, -0.05) is 17.7 Å². The standard InChI is InChI=1S/C14H16Cl2N4O/c1-4-20(5-2)13-17-12(16)18-14(19-13)21-11-7-6-9(3)8-10(11)15/h6-8H,4-5H2,1-3H3. The fourth-order valence-electron chi connectivity index (χ4n) is 1.80. The van der Waals surface area contributed by atoms with E-state index in [-0.39, 0.29) is 11.3 Å². The Kier molecular flexibility index (Phi) is 5.20. The molecular formula is C14H16Cl2N4O. The molecule has 0 aliphatic carbocycles. The molecule has 7 heteroatoms. The lowest BCUT2D eigenvalue weighted by Crippen LogP contribution is -2.24. The second-order valence-corrected chi connectivity index (χ2v) is 5.14. The maximum Gasteiger partial charge on any atom is 0.328 e. The second kappa shape index (κ2) is 6.91. The summed E-state index contributed by atoms with van der Waals surface area (Å²) in [5.41, 5.74) is 1.05. The van der Waals surface area contributed by atoms with Crippen molar-refractivity contribution in [3.05, 3.63) is 34.1 Å². The Balaban J connectivity index is 2.31. The third-order valence-corrected chi connectivity index (χ3v) is 3.38. The first kappa shape index (κ1) is 15.8. The molecule has 0 atom stereocenters. The zero-order valence-electron chi connectivity index (χ0n) is 12.1. The van der Waals surface area contributed by atoms with Crippen LogP contribution in [0.1, 0.15) is 19.4 Å². The molecule has 0 saturated carbocycles. The van der Waals surface area contributed by atoms with Crippen molar-refractivity contribution in [3.8, 4) is 11.8 Å². The monoisotopic (exact) mass is 326 g/mol. The summed E-state index contributed by atoms with van der Waals surface area (Å²) in [6.45, 7) is 7.51. The van der Waals surface area contributed by atoms with Crippen LogP contribution in [0.2, 0.25) is 10.3 Å². The van der Waals surface area contributed by atoms with Crippen molar-refractivity contribution in [1.82, 2.24) is 15.0 Å². The normalized spacial score (nSPS) is 10.5. The number of rotatable bonds is 5. The number of nitrogens with zero attached hydrogens (tertiary/aromatic N) is 4. The van der Waals surface area contributed by atoms with Gasteiger partial charge in [0.15, 0.2) is 0 Å². The molecule has 0 radical (unpaired) electrons. The number of benzene rings is 1. The van der Waals surface area contributed by atoms with E-state index in [1.165, 1.54) is 0 Å². The molecule has 5 nitrogen and oxygen atoms in total. The molecule has 1 aromatic heterocycles. The molecule has 0 amide bonds. The molecule has 2 aromatic rings. The van der Waals surface area contributed by atoms with Crippen molar-refractivity contribution in [2.75, 3.05) is 18.0 Å². The number of anilines is 1. The minimum Gasteiger partial charge on any atom is -0.423 e. The van der Waals surface area contributed by atoms with E-state index in [9.17, 15) is 0 Å². The molecule has 0 fully saturated rings. The van der Waals surface area contributed by atoms with Crippen molar-refractivity contribution in [2.45, 2.75) is 20.8 Å². The van der Waals surface area contributed by atoms with Crippen molar-refractivity contribution < 1.29 is 4.74 Å². The smallest absolute Gasteiger partial charge is 0.328 e. The zero-order chi connectivity index (χ0) is 15.4. The van der Waals surface area contributed by atoms with E-state index in [0.717, 1.165) is 18.7 Å². The van der Waals surface area contributed by atoms with E-state index in [1.54, 1.807) is 6.07 Å². The minimum absolute atomic E-state index is 0.0881. The molecule has 0 unspecified atom stereocenters. The third kappa shape index (κ3) is 3.95. The van der Waals surface area contributed by atoms with Gasteiger partial charge in [0.25, 0.3) is 0 Å². The minimum atomic E-state index is 0.0881. The summed E-state index contributed by atoms with van der Waals surface area (Å²) in [5.74, 6) is 0.966. The van der Waals surface area contributed by atoms with Crippen LogP contribution in [0.4, 0.5) is 5.95 Å². The first-order chi connectivity index (χ1) is 10.0. The summed E-state index contributed by atoms with van der Waals surface area (Å²) in [6.07, 6.45) is 0. The molecule has 1 aromatic carbocycles. The molecule has 21 heavy (non-hydrogen) atoms. The summed E-state index contributed by atoms with van der Waals surface area (Å²) in [6, 6.07) is 5.61. The molecule has 112 valence electrons. The lowest BCUT2D eigenvalue weighted by Gasteiger charge is -2.18. The Labute approximate surface area is 133 Å². The van der Waals surface area contributed by atoms with Crippen LogP contribution in [0.15, 0.2) is 18.2 Å². The van der Waals surface area contributed by atoms with Crippen LogP contribution in [-0.2, 0) is 0 Å². The van der Waals surface area contributed by atoms with Crippen LogP contribution >= 0.6 is 23.2 Å². The molecule has 0 N–H and O–H groups in total. The molecular weight excluding hydrogens is 311 g/mol. The van der Waals surface area contributed by atoms with Gasteiger partial charge in [-0.25, -0.2) is 0 Å². The Morgan fingerprint density at radius 3 is 2.43 bits per heavy atom. The van der Waals surface area contributed by atoms with Crippen LogP contribution in [0.3, 0.4) is 0 Å². The number of aromatic nitrogens is 3. The zero-order valence-corrected chi connectivity index (χ0v) is 13.6. The quantitative estimate of drug-likeness (QED) is 0.826. The van der Waals surface area contributed by atoms with Crippen LogP contribution in [-0.4, -0.2) is 28.0 Å². The van der Waals surface area contributed by atoms with Gasteiger partial charge in [0.2, 0.25) is 11.2 Å². The van der Waals surface area contributed by atoms with E-state index in [0.29, 0.717) is 16.7 Å². The second-order valence-electron chi connectivity index (χ2n) is 4.40. The van der Waals surface area contributed by atoms with Gasteiger partial charge in [0.1, 0.15) is 5.75 Å². The molecule has 2 rings (SSSR count). The summed E-state index contributed by atoms with van der Waals surface area (Å²) < 4.78 is 5.62. The molecule has 0 aliphatic heterocycles. The van der Waals surface area contributed by atoms with Gasteiger partial charge >= 0.3 is 6.01 Å². The van der Waals surface area contributed by atoms with Gasteiger partial charge in [0.05, 0.1) is 5.02 Å². The number of aryl methyl sites for hydroxylation is 1. The number of hydrogen-bond acceptors (Lipinski definition) is 5. The van der Waals surface area contributed by atoms with E-state index >= 15 is 0 Å². The molecule has 0 aliphatic rings. The maximum atomic E-state index is 6.14. The van der Waals surface area contributed by atoms with E-state index in [1.807, 2.05) is 37.8 Å². The first-order valence-corrected chi connectivity index (χ1v) is 7.39. The van der Waals surface area contributed by atoms with Crippen LogP contribution in [0.5, 0.6) is 11.8 Å². The van der Waals surface area contributed by atoms with Gasteiger partial charge in [-0.2, -0.15) is 15.0 Å². The number of hydrogen-bond donors (Lipinski definition) is 0. The maximum absolute atomic E-state index is 6.14. The third-order valence-electron chi connectivity index (χ3n) is 2.91. The summed E-state index contributed by atoms with van der Waals surface area (Å²) in [5, 5.41) is 0.584. The largest absolute Gasteiger partial charge is 0.423 e. The lowest BCUT2D eigenvalue weighted by atomic mass is 10.2. The van der Waals surface area contributed by atoms with E-state index in [4.69, 9.17) is 27.9 Å². The highest BCUT2D eigenvalue weighted by molar-refractivity contribution is 6.32. The highest BCUT2D eigenvalue weighted by atomic mass is 35.5. The average molecular weight is 327 g/mol. The first-order valence-electron chi connectivity index (χ1n) is 6.64. The van der Waals surface area contributed by atoms with Crippen molar-refractivity contribution >= 4 is 29.2 Å². The van der Waals surface area contributed by atoms with Crippen LogP contribution < -0.4 is 9.64 Å². The Morgan fingerprint density at radius 1 is 1.10 bits per heavy atom. The molecule has 0 spiro atoms. The molecule has 0 bridgehead atoms. The predicted molar refractivity (Wildman–Crippen MR) is 84.7 cm³/mol. The fourth-order valence-corrected chi connectivity index (χ4v) is 2.22. The van der Waals surface area contributed by atoms with Gasteiger partial charge in [-0.3, -0.25) is 0 Å². The highest BCUT2D eigenvalue weighted by Crippen LogP contribution is 2.29. The topological polar surface area (TPSA) is 51.1 Å². The van der Waals surface area contributed by atoms with Gasteiger partial charge in [-0.05, 0) is 50.1 Å². The lowest BCUT2D eigenvalue weighted by molar-refractivity contribution is 0.439. The Hall–Kier alpha value is -1.59. The van der Waals surface area contributed by atoms with Crippen LogP contribution in [0, 0.1) is 6.92 Å². The van der Waals surface area contributed by atoms with Crippen molar-refractivity contribution in [3.63, 3.8) is 0 Å². The highest BCUT2D eigenvalue weighted by Gasteiger charge is 2.12. The predicted octanol–water partition coefficient (Wildman–Crippen LogP) is 4.13. The van der Waals surface area contributed by atoms with E-state index < -0.39 is 0 Å². The Morgan fingerprint density at radius 2 is 1.81 bits per heavy atom.